The van der Waals surface area contributed by atoms with Crippen LogP contribution in [-0.4, -0.2) is 40.6 Å². The number of hydrogen-bond donors (Lipinski definition) is 1. The van der Waals surface area contributed by atoms with Gasteiger partial charge in [0, 0.05) is 13.1 Å². The molecule has 1 rings (SSSR count). The van der Waals surface area contributed by atoms with Gasteiger partial charge in [-0.3, -0.25) is 0 Å². The van der Waals surface area contributed by atoms with Crippen LogP contribution in [0.15, 0.2) is 0 Å². The predicted molar refractivity (Wildman–Crippen MR) is 66.7 cm³/mol. The number of nitrogens with zero attached hydrogens (tertiary/aromatic N) is 1. The molecule has 0 aromatic heterocycles. The fourth-order valence-electron chi connectivity index (χ4n) is 1.40. The number of piperidine rings is 1. The van der Waals surface area contributed by atoms with Crippen molar-refractivity contribution >= 4 is 47.0 Å². The fourth-order valence-corrected chi connectivity index (χ4v) is 1.57. The SMILES string of the molecule is O=C(NOC(=O)N1CCCCC1)OCC(Cl)(Cl)Cl. The van der Waals surface area contributed by atoms with Crippen molar-refractivity contribution in [3.63, 3.8) is 0 Å². The number of nitrogens with one attached hydrogen (secondary N) is 1. The molecule has 6 nitrogen and oxygen atoms in total. The third-order valence-corrected chi connectivity index (χ3v) is 2.53. The Morgan fingerprint density at radius 1 is 1.17 bits per heavy atom. The van der Waals surface area contributed by atoms with Crippen LogP contribution in [0, 0.1) is 0 Å². The van der Waals surface area contributed by atoms with Crippen LogP contribution >= 0.6 is 34.8 Å². The zero-order chi connectivity index (χ0) is 13.6. The maximum Gasteiger partial charge on any atom is 0.440 e. The molecule has 18 heavy (non-hydrogen) atoms. The summed E-state index contributed by atoms with van der Waals surface area (Å²) in [6, 6.07) is 0. The first-order valence-corrected chi connectivity index (χ1v) is 6.47. The summed E-state index contributed by atoms with van der Waals surface area (Å²) >= 11 is 16.1. The third kappa shape index (κ3) is 6.37. The highest BCUT2D eigenvalue weighted by Gasteiger charge is 2.23. The minimum Gasteiger partial charge on any atom is -0.443 e. The number of hydroxylamine groups is 1. The Morgan fingerprint density at radius 2 is 1.78 bits per heavy atom. The lowest BCUT2D eigenvalue weighted by Gasteiger charge is -2.25. The summed E-state index contributed by atoms with van der Waals surface area (Å²) in [5, 5.41) is 0. The molecule has 1 heterocycles. The van der Waals surface area contributed by atoms with E-state index in [4.69, 9.17) is 34.8 Å². The minimum absolute atomic E-state index is 0.440. The van der Waals surface area contributed by atoms with Gasteiger partial charge in [0.15, 0.2) is 0 Å². The van der Waals surface area contributed by atoms with Gasteiger partial charge < -0.3 is 14.5 Å². The maximum absolute atomic E-state index is 11.5. The van der Waals surface area contributed by atoms with E-state index < -0.39 is 22.6 Å². The van der Waals surface area contributed by atoms with Crippen LogP contribution in [0.25, 0.3) is 0 Å². The van der Waals surface area contributed by atoms with Crippen molar-refractivity contribution in [3.05, 3.63) is 0 Å². The zero-order valence-electron chi connectivity index (χ0n) is 9.46. The Hall–Kier alpha value is -0.590. The van der Waals surface area contributed by atoms with Crippen molar-refractivity contribution in [2.45, 2.75) is 23.1 Å². The van der Waals surface area contributed by atoms with Crippen LogP contribution in [0.4, 0.5) is 9.59 Å². The lowest BCUT2D eigenvalue weighted by molar-refractivity contribution is 0.0392. The summed E-state index contributed by atoms with van der Waals surface area (Å²) in [5.41, 5.74) is 1.82. The molecule has 0 aliphatic carbocycles. The van der Waals surface area contributed by atoms with Gasteiger partial charge in [0.05, 0.1) is 0 Å². The Balaban J connectivity index is 2.19. The largest absolute Gasteiger partial charge is 0.443 e. The molecule has 1 aliphatic rings. The first kappa shape index (κ1) is 15.5. The normalized spacial score (nSPS) is 16.1. The standard InChI is InChI=1S/C9H13Cl3N2O4/c10-9(11,12)6-17-7(15)13-18-8(16)14-4-2-1-3-5-14/h1-6H2,(H,13,15). The molecule has 0 spiro atoms. The highest BCUT2D eigenvalue weighted by molar-refractivity contribution is 6.67. The van der Waals surface area contributed by atoms with Gasteiger partial charge in [-0.2, -0.15) is 0 Å². The first-order valence-electron chi connectivity index (χ1n) is 5.34. The van der Waals surface area contributed by atoms with Crippen molar-refractivity contribution in [3.8, 4) is 0 Å². The van der Waals surface area contributed by atoms with Gasteiger partial charge >= 0.3 is 12.2 Å². The van der Waals surface area contributed by atoms with Crippen LogP contribution in [0.1, 0.15) is 19.3 Å². The number of rotatable bonds is 1. The molecule has 0 saturated carbocycles. The highest BCUT2D eigenvalue weighted by atomic mass is 35.6. The second-order valence-corrected chi connectivity index (χ2v) is 6.23. The molecular formula is C9H13Cl3N2O4. The number of hydrogen-bond acceptors (Lipinski definition) is 4. The van der Waals surface area contributed by atoms with Crippen LogP contribution < -0.4 is 5.48 Å². The molecule has 2 amide bonds. The van der Waals surface area contributed by atoms with Gasteiger partial charge in [0.1, 0.15) is 6.61 Å². The van der Waals surface area contributed by atoms with E-state index in [2.05, 4.69) is 9.57 Å². The number of halogens is 3. The number of alkyl halides is 3. The molecule has 104 valence electrons. The van der Waals surface area contributed by atoms with E-state index in [9.17, 15) is 9.59 Å². The summed E-state index contributed by atoms with van der Waals surface area (Å²) in [4.78, 5) is 28.6. The van der Waals surface area contributed by atoms with Gasteiger partial charge in [0.25, 0.3) is 0 Å². The summed E-state index contributed by atoms with van der Waals surface area (Å²) in [6.07, 6.45) is 1.31. The molecule has 0 radical (unpaired) electrons. The van der Waals surface area contributed by atoms with Crippen LogP contribution in [0.5, 0.6) is 0 Å². The van der Waals surface area contributed by atoms with E-state index >= 15 is 0 Å². The maximum atomic E-state index is 11.5. The molecule has 0 aromatic carbocycles. The number of carbonyl (C=O) groups excluding carboxylic acids is 2. The number of amides is 2. The van der Waals surface area contributed by atoms with E-state index in [-0.39, 0.29) is 0 Å². The number of likely N-dealkylation sites (tertiary alicyclic amines) is 1. The van der Waals surface area contributed by atoms with Gasteiger partial charge in [-0.15, -0.1) is 5.48 Å². The minimum atomic E-state index is -1.70. The van der Waals surface area contributed by atoms with Crippen molar-refractivity contribution in [2.24, 2.45) is 0 Å². The summed E-state index contributed by atoms with van der Waals surface area (Å²) in [6.45, 7) is 0.790. The molecule has 1 N–H and O–H groups in total. The summed E-state index contributed by atoms with van der Waals surface area (Å²) in [7, 11) is 0. The van der Waals surface area contributed by atoms with Crippen LogP contribution in [0.3, 0.4) is 0 Å². The van der Waals surface area contributed by atoms with Gasteiger partial charge in [-0.05, 0) is 19.3 Å². The molecular weight excluding hydrogens is 306 g/mol. The Kier molecular flexibility index (Phi) is 6.11. The van der Waals surface area contributed by atoms with E-state index in [1.807, 2.05) is 5.48 Å². The molecule has 1 saturated heterocycles. The average Bonchev–Trinajstić information content (AvgIpc) is 2.33. The quantitative estimate of drug-likeness (QED) is 0.596. The van der Waals surface area contributed by atoms with E-state index in [0.29, 0.717) is 13.1 Å². The highest BCUT2D eigenvalue weighted by Crippen LogP contribution is 2.25. The van der Waals surface area contributed by atoms with Gasteiger partial charge in [0.2, 0.25) is 3.79 Å². The van der Waals surface area contributed by atoms with Crippen LogP contribution in [0.2, 0.25) is 0 Å². The Morgan fingerprint density at radius 3 is 2.33 bits per heavy atom. The smallest absolute Gasteiger partial charge is 0.440 e. The monoisotopic (exact) mass is 318 g/mol. The molecule has 1 fully saturated rings. The zero-order valence-corrected chi connectivity index (χ0v) is 11.7. The molecule has 0 atom stereocenters. The number of ether oxygens (including phenoxy) is 1. The first-order chi connectivity index (χ1) is 8.38. The van der Waals surface area contributed by atoms with E-state index in [1.54, 1.807) is 0 Å². The van der Waals surface area contributed by atoms with Crippen molar-refractivity contribution in [1.29, 1.82) is 0 Å². The fraction of sp³-hybridized carbons (Fsp3) is 0.778. The molecule has 0 bridgehead atoms. The predicted octanol–water partition coefficient (Wildman–Crippen LogP) is 2.62. The lowest BCUT2D eigenvalue weighted by Crippen LogP contribution is -2.40. The Labute approximate surface area is 119 Å². The van der Waals surface area contributed by atoms with E-state index in [0.717, 1.165) is 19.3 Å². The second kappa shape index (κ2) is 7.11. The topological polar surface area (TPSA) is 67.9 Å². The average molecular weight is 320 g/mol. The Bertz CT molecular complexity index is 303. The van der Waals surface area contributed by atoms with Crippen molar-refractivity contribution in [1.82, 2.24) is 10.4 Å². The second-order valence-electron chi connectivity index (χ2n) is 3.71. The van der Waals surface area contributed by atoms with E-state index in [1.165, 1.54) is 4.90 Å². The van der Waals surface area contributed by atoms with Crippen LogP contribution in [-0.2, 0) is 9.57 Å². The molecule has 9 heteroatoms. The van der Waals surface area contributed by atoms with Gasteiger partial charge in [-0.25, -0.2) is 9.59 Å². The molecule has 0 aromatic rings. The van der Waals surface area contributed by atoms with Crippen molar-refractivity contribution < 1.29 is 19.2 Å². The van der Waals surface area contributed by atoms with Gasteiger partial charge in [-0.1, -0.05) is 34.8 Å². The lowest BCUT2D eigenvalue weighted by atomic mass is 10.1. The molecule has 1 aliphatic heterocycles. The molecule has 0 unspecified atom stereocenters. The summed E-state index contributed by atoms with van der Waals surface area (Å²) < 4.78 is 2.80. The third-order valence-electron chi connectivity index (χ3n) is 2.20. The summed E-state index contributed by atoms with van der Waals surface area (Å²) in [5.74, 6) is 0. The van der Waals surface area contributed by atoms with Crippen molar-refractivity contribution in [2.75, 3.05) is 19.7 Å². The number of carbonyl (C=O) groups is 2.